The number of sulfonamides is 1. The second-order valence-corrected chi connectivity index (χ2v) is 10.3. The first-order chi connectivity index (χ1) is 14.2. The number of carbonyl (C=O) groups is 2. The summed E-state index contributed by atoms with van der Waals surface area (Å²) in [7, 11) is -2.14. The molecule has 30 heavy (non-hydrogen) atoms. The van der Waals surface area contributed by atoms with Gasteiger partial charge in [-0.25, -0.2) is 8.42 Å². The smallest absolute Gasteiger partial charge is 0.247 e. The van der Waals surface area contributed by atoms with E-state index in [1.165, 1.54) is 12.0 Å². The topological polar surface area (TPSA) is 96.0 Å². The first-order valence-corrected chi connectivity index (χ1v) is 12.1. The maximum Gasteiger partial charge on any atom is 0.247 e. The Balaban J connectivity index is 2.03. The second kappa shape index (κ2) is 8.93. The molecule has 8 nitrogen and oxygen atoms in total. The molecule has 1 atom stereocenters. The molecule has 0 aromatic heterocycles. The van der Waals surface area contributed by atoms with E-state index in [1.54, 1.807) is 38.1 Å². The predicted octanol–water partition coefficient (Wildman–Crippen LogP) is 1.90. The molecule has 3 rings (SSSR count). The molecule has 1 aliphatic heterocycles. The van der Waals surface area contributed by atoms with E-state index in [-0.39, 0.29) is 30.8 Å². The van der Waals surface area contributed by atoms with Crippen LogP contribution in [-0.2, 0) is 19.6 Å². The van der Waals surface area contributed by atoms with Crippen molar-refractivity contribution in [3.8, 4) is 5.75 Å². The molecule has 1 N–H and O–H groups in total. The fourth-order valence-corrected chi connectivity index (χ4v) is 5.88. The number of ether oxygens (including phenoxy) is 1. The maximum atomic E-state index is 13.5. The van der Waals surface area contributed by atoms with Crippen LogP contribution in [0.2, 0.25) is 0 Å². The molecule has 0 spiro atoms. The van der Waals surface area contributed by atoms with Crippen molar-refractivity contribution in [1.82, 2.24) is 9.62 Å². The molecule has 0 bridgehead atoms. The Morgan fingerprint density at radius 3 is 2.57 bits per heavy atom. The van der Waals surface area contributed by atoms with E-state index in [2.05, 4.69) is 5.32 Å². The van der Waals surface area contributed by atoms with Crippen molar-refractivity contribution in [2.24, 2.45) is 0 Å². The highest BCUT2D eigenvalue weighted by Gasteiger charge is 2.51. The van der Waals surface area contributed by atoms with Crippen LogP contribution in [0.3, 0.4) is 0 Å². The molecule has 166 valence electrons. The summed E-state index contributed by atoms with van der Waals surface area (Å²) in [5.74, 6) is -0.398. The summed E-state index contributed by atoms with van der Waals surface area (Å²) in [5.41, 5.74) is -0.936. The lowest BCUT2D eigenvalue weighted by Gasteiger charge is -2.47. The number of amides is 2. The third-order valence-corrected chi connectivity index (χ3v) is 7.87. The highest BCUT2D eigenvalue weighted by Crippen LogP contribution is 2.37. The van der Waals surface area contributed by atoms with Gasteiger partial charge in [0, 0.05) is 12.6 Å². The van der Waals surface area contributed by atoms with Crippen LogP contribution >= 0.6 is 0 Å². The molecule has 1 unspecified atom stereocenters. The van der Waals surface area contributed by atoms with E-state index in [1.807, 2.05) is 0 Å². The quantitative estimate of drug-likeness (QED) is 0.703. The fourth-order valence-electron chi connectivity index (χ4n) is 4.35. The molecule has 9 heteroatoms. The summed E-state index contributed by atoms with van der Waals surface area (Å²) in [6.07, 6.45) is 4.32. The number of hydrogen-bond acceptors (Lipinski definition) is 5. The van der Waals surface area contributed by atoms with E-state index >= 15 is 0 Å². The Kier molecular flexibility index (Phi) is 6.71. The van der Waals surface area contributed by atoms with E-state index in [9.17, 15) is 18.0 Å². The molecule has 1 aromatic carbocycles. The Bertz CT molecular complexity index is 898. The van der Waals surface area contributed by atoms with Gasteiger partial charge in [-0.15, -0.1) is 0 Å². The molecule has 0 radical (unpaired) electrons. The summed E-state index contributed by atoms with van der Waals surface area (Å²) < 4.78 is 32.1. The third-order valence-electron chi connectivity index (χ3n) is 5.90. The lowest BCUT2D eigenvalue weighted by molar-refractivity contribution is -0.133. The molecule has 2 aliphatic rings. The summed E-state index contributed by atoms with van der Waals surface area (Å²) >= 11 is 0. The summed E-state index contributed by atoms with van der Waals surface area (Å²) in [6, 6.07) is 7.03. The number of hydrogen-bond donors (Lipinski definition) is 1. The van der Waals surface area contributed by atoms with Crippen LogP contribution < -0.4 is 15.0 Å². The Morgan fingerprint density at radius 2 is 1.93 bits per heavy atom. The van der Waals surface area contributed by atoms with Crippen molar-refractivity contribution in [1.29, 1.82) is 0 Å². The van der Waals surface area contributed by atoms with Gasteiger partial charge < -0.3 is 10.1 Å². The van der Waals surface area contributed by atoms with Gasteiger partial charge in [-0.3, -0.25) is 14.5 Å². The van der Waals surface area contributed by atoms with E-state index in [0.29, 0.717) is 17.9 Å². The van der Waals surface area contributed by atoms with Crippen LogP contribution in [0.25, 0.3) is 0 Å². The Morgan fingerprint density at radius 1 is 1.27 bits per heavy atom. The van der Waals surface area contributed by atoms with E-state index < -0.39 is 21.5 Å². The average molecular weight is 438 g/mol. The van der Waals surface area contributed by atoms with Crippen molar-refractivity contribution in [3.63, 3.8) is 0 Å². The van der Waals surface area contributed by atoms with Gasteiger partial charge in [0.25, 0.3) is 0 Å². The highest BCUT2D eigenvalue weighted by atomic mass is 32.2. The molecule has 2 fully saturated rings. The standard InChI is InChI=1S/C21H31N3O5S/c1-4-13-30(27,28)23-14-19(25)24(17-11-7-8-12-18(17)29-3)21(2,15-23)20(26)22-16-9-5-6-10-16/h7-8,11-12,16H,4-6,9-10,13-15H2,1-3H3,(H,22,26). The monoisotopic (exact) mass is 437 g/mol. The largest absolute Gasteiger partial charge is 0.495 e. The molecular formula is C21H31N3O5S. The normalized spacial score (nSPS) is 23.6. The molecule has 2 amide bonds. The lowest BCUT2D eigenvalue weighted by atomic mass is 9.93. The van der Waals surface area contributed by atoms with Gasteiger partial charge in [-0.1, -0.05) is 31.9 Å². The zero-order valence-corrected chi connectivity index (χ0v) is 18.7. The number of benzene rings is 1. The Labute approximate surface area is 178 Å². The molecular weight excluding hydrogens is 406 g/mol. The minimum Gasteiger partial charge on any atom is -0.495 e. The maximum absolute atomic E-state index is 13.5. The zero-order valence-electron chi connectivity index (χ0n) is 17.9. The van der Waals surface area contributed by atoms with Gasteiger partial charge in [0.15, 0.2) is 0 Å². The SMILES string of the molecule is CCCS(=O)(=O)N1CC(=O)N(c2ccccc2OC)C(C)(C(=O)NC2CCCC2)C1. The fraction of sp³-hybridized carbons (Fsp3) is 0.619. The molecule has 1 saturated heterocycles. The number of para-hydroxylation sites is 2. The zero-order chi connectivity index (χ0) is 21.9. The summed E-state index contributed by atoms with van der Waals surface area (Å²) in [5, 5.41) is 3.06. The van der Waals surface area contributed by atoms with E-state index in [0.717, 1.165) is 30.0 Å². The van der Waals surface area contributed by atoms with Crippen molar-refractivity contribution >= 4 is 27.5 Å². The lowest BCUT2D eigenvalue weighted by Crippen LogP contribution is -2.70. The van der Waals surface area contributed by atoms with Crippen molar-refractivity contribution in [3.05, 3.63) is 24.3 Å². The van der Waals surface area contributed by atoms with Crippen molar-refractivity contribution < 1.29 is 22.7 Å². The minimum atomic E-state index is -3.64. The Hall–Kier alpha value is -2.13. The van der Waals surface area contributed by atoms with Gasteiger partial charge in [-0.2, -0.15) is 4.31 Å². The minimum absolute atomic E-state index is 0.0478. The summed E-state index contributed by atoms with van der Waals surface area (Å²) in [6.45, 7) is 3.01. The number of anilines is 1. The molecule has 1 saturated carbocycles. The van der Waals surface area contributed by atoms with Crippen LogP contribution in [0.5, 0.6) is 5.75 Å². The molecule has 1 aliphatic carbocycles. The van der Waals surface area contributed by atoms with Crippen LogP contribution in [-0.4, -0.2) is 62.1 Å². The first-order valence-electron chi connectivity index (χ1n) is 10.5. The number of nitrogens with zero attached hydrogens (tertiary/aromatic N) is 2. The van der Waals surface area contributed by atoms with Gasteiger partial charge >= 0.3 is 0 Å². The third kappa shape index (κ3) is 4.32. The predicted molar refractivity (Wildman–Crippen MR) is 115 cm³/mol. The second-order valence-electron chi connectivity index (χ2n) is 8.21. The number of piperazine rings is 1. The van der Waals surface area contributed by atoms with E-state index in [4.69, 9.17) is 4.74 Å². The van der Waals surface area contributed by atoms with Crippen molar-refractivity contribution in [2.45, 2.75) is 57.5 Å². The highest BCUT2D eigenvalue weighted by molar-refractivity contribution is 7.89. The molecule has 1 aromatic rings. The first kappa shape index (κ1) is 22.6. The van der Waals surface area contributed by atoms with Crippen molar-refractivity contribution in [2.75, 3.05) is 30.9 Å². The van der Waals surface area contributed by atoms with Gasteiger partial charge in [0.1, 0.15) is 11.3 Å². The number of nitrogens with one attached hydrogen (secondary N) is 1. The van der Waals surface area contributed by atoms with Gasteiger partial charge in [0.2, 0.25) is 21.8 Å². The van der Waals surface area contributed by atoms with Gasteiger partial charge in [0.05, 0.1) is 25.1 Å². The average Bonchev–Trinajstić information content (AvgIpc) is 3.20. The number of rotatable bonds is 7. The van der Waals surface area contributed by atoms with Crippen LogP contribution in [0.1, 0.15) is 46.0 Å². The number of methoxy groups -OCH3 is 1. The number of carbonyl (C=O) groups excluding carboxylic acids is 2. The molecule has 1 heterocycles. The van der Waals surface area contributed by atoms with Crippen LogP contribution in [0.15, 0.2) is 24.3 Å². The van der Waals surface area contributed by atoms with Crippen LogP contribution in [0, 0.1) is 0 Å². The van der Waals surface area contributed by atoms with Crippen LogP contribution in [0.4, 0.5) is 5.69 Å². The van der Waals surface area contributed by atoms with Gasteiger partial charge in [-0.05, 0) is 38.3 Å². The summed E-state index contributed by atoms with van der Waals surface area (Å²) in [4.78, 5) is 28.1.